The number of aliphatic hydroxyl groups excluding tert-OH is 2. The molecule has 0 saturated heterocycles. The summed E-state index contributed by atoms with van der Waals surface area (Å²) >= 11 is 0. The maximum absolute atomic E-state index is 14.4. The fourth-order valence-corrected chi connectivity index (χ4v) is 11.0. The molecule has 0 aromatic carbocycles. The van der Waals surface area contributed by atoms with Gasteiger partial charge in [-0.1, -0.05) is 34.6 Å². The SMILES string of the molecule is CC(C)C(=O)N[C@H]1CC[C@]23C[C@]24C(=O)C[C@]2(C)[C@@H]([C@@H](C)N(C)C)[C@H](O)C[C@@]2(C)[C@@H]4CC[C@H]3[C@@]1(C)CO. The van der Waals surface area contributed by atoms with Gasteiger partial charge >= 0.3 is 0 Å². The predicted molar refractivity (Wildman–Crippen MR) is 140 cm³/mol. The Labute approximate surface area is 218 Å². The van der Waals surface area contributed by atoms with E-state index in [4.69, 9.17) is 0 Å². The molecule has 0 aliphatic heterocycles. The van der Waals surface area contributed by atoms with Crippen LogP contribution < -0.4 is 5.32 Å². The van der Waals surface area contributed by atoms with Gasteiger partial charge in [0.05, 0.1) is 12.7 Å². The Hall–Kier alpha value is -0.980. The molecular weight excluding hydrogens is 452 g/mol. The molecule has 0 radical (unpaired) electrons. The predicted octanol–water partition coefficient (Wildman–Crippen LogP) is 3.64. The molecule has 0 bridgehead atoms. The van der Waals surface area contributed by atoms with Crippen LogP contribution in [0.2, 0.25) is 0 Å². The Balaban J connectivity index is 1.51. The maximum atomic E-state index is 14.4. The lowest BCUT2D eigenvalue weighted by Gasteiger charge is -2.63. The number of ketones is 1. The minimum atomic E-state index is -0.420. The summed E-state index contributed by atoms with van der Waals surface area (Å²) in [5, 5.41) is 25.5. The highest BCUT2D eigenvalue weighted by molar-refractivity contribution is 5.92. The van der Waals surface area contributed by atoms with Gasteiger partial charge in [0.25, 0.3) is 0 Å². The molecule has 11 atom stereocenters. The van der Waals surface area contributed by atoms with Gasteiger partial charge in [0.2, 0.25) is 5.91 Å². The van der Waals surface area contributed by atoms with Crippen LogP contribution in [0.3, 0.4) is 0 Å². The van der Waals surface area contributed by atoms with Gasteiger partial charge in [0, 0.05) is 41.2 Å². The highest BCUT2D eigenvalue weighted by atomic mass is 16.3. The van der Waals surface area contributed by atoms with E-state index in [1.807, 2.05) is 13.8 Å². The Kier molecular flexibility index (Phi) is 5.93. The first kappa shape index (κ1) is 26.6. The number of nitrogens with one attached hydrogen (secondary N) is 1. The molecule has 5 rings (SSSR count). The highest BCUT2D eigenvalue weighted by Gasteiger charge is 2.86. The lowest BCUT2D eigenvalue weighted by molar-refractivity contribution is -0.173. The van der Waals surface area contributed by atoms with Crippen LogP contribution in [-0.2, 0) is 9.59 Å². The van der Waals surface area contributed by atoms with Crippen molar-refractivity contribution in [2.75, 3.05) is 20.7 Å². The van der Waals surface area contributed by atoms with E-state index in [9.17, 15) is 19.8 Å². The van der Waals surface area contributed by atoms with E-state index in [2.05, 4.69) is 52.0 Å². The van der Waals surface area contributed by atoms with Gasteiger partial charge in [0.1, 0.15) is 5.78 Å². The van der Waals surface area contributed by atoms with Gasteiger partial charge in [-0.2, -0.15) is 0 Å². The molecule has 1 amide bonds. The van der Waals surface area contributed by atoms with Crippen LogP contribution >= 0.6 is 0 Å². The second kappa shape index (κ2) is 8.02. The molecule has 0 aromatic rings. The number of nitrogens with zero attached hydrogens (tertiary/aromatic N) is 1. The second-order valence-corrected chi connectivity index (χ2v) is 14.8. The summed E-state index contributed by atoms with van der Waals surface area (Å²) in [6, 6.07) is 0.149. The quantitative estimate of drug-likeness (QED) is 0.534. The summed E-state index contributed by atoms with van der Waals surface area (Å²) in [5.74, 6) is 0.982. The van der Waals surface area contributed by atoms with Crippen LogP contribution in [-0.4, -0.2) is 65.7 Å². The number of Topliss-reactive ketones (excluding diaryl/α,β-unsaturated/α-hetero) is 1. The van der Waals surface area contributed by atoms with Crippen LogP contribution in [0.5, 0.6) is 0 Å². The van der Waals surface area contributed by atoms with Crippen molar-refractivity contribution in [2.45, 2.75) is 105 Å². The zero-order chi connectivity index (χ0) is 26.6. The summed E-state index contributed by atoms with van der Waals surface area (Å²) in [7, 11) is 4.16. The maximum Gasteiger partial charge on any atom is 0.222 e. The van der Waals surface area contributed by atoms with Gasteiger partial charge in [-0.3, -0.25) is 9.59 Å². The normalized spacial score (nSPS) is 52.3. The molecule has 36 heavy (non-hydrogen) atoms. The molecule has 5 aliphatic carbocycles. The molecule has 5 saturated carbocycles. The number of aliphatic hydroxyl groups is 2. The topological polar surface area (TPSA) is 89.9 Å². The number of hydrogen-bond donors (Lipinski definition) is 3. The van der Waals surface area contributed by atoms with E-state index < -0.39 is 11.5 Å². The lowest BCUT2D eigenvalue weighted by Crippen LogP contribution is -2.64. The molecule has 204 valence electrons. The van der Waals surface area contributed by atoms with Crippen molar-refractivity contribution in [3.8, 4) is 0 Å². The molecule has 0 heterocycles. The van der Waals surface area contributed by atoms with Crippen molar-refractivity contribution in [2.24, 2.45) is 50.7 Å². The third-order valence-electron chi connectivity index (χ3n) is 13.2. The number of carbonyl (C=O) groups excluding carboxylic acids is 2. The summed E-state index contributed by atoms with van der Waals surface area (Å²) in [6.07, 6.45) is 5.60. The molecule has 0 aromatic heterocycles. The van der Waals surface area contributed by atoms with Crippen LogP contribution in [0.15, 0.2) is 0 Å². The standard InChI is InChI=1S/C30H50N2O4/c1-17(2)25(36)31-22-11-12-29-15-30(29)21(10-9-20(29)26(22,4)16-33)27(5)13-19(34)24(18(3)32(7)8)28(27,6)14-23(30)35/h17-22,24,33-34H,9-16H2,1-8H3,(H,31,36)/t18-,19-,20+,21+,22+,24+,26-,27+,28-,29-,30+/m1/s1. The van der Waals surface area contributed by atoms with Gasteiger partial charge < -0.3 is 20.4 Å². The minimum absolute atomic E-state index is 0.0352. The number of amides is 1. The van der Waals surface area contributed by atoms with E-state index in [-0.39, 0.29) is 69.9 Å². The Bertz CT molecular complexity index is 951. The van der Waals surface area contributed by atoms with Crippen LogP contribution in [0.25, 0.3) is 0 Å². The average molecular weight is 503 g/mol. The largest absolute Gasteiger partial charge is 0.396 e. The average Bonchev–Trinajstić information content (AvgIpc) is 3.44. The number of carbonyl (C=O) groups is 2. The van der Waals surface area contributed by atoms with Crippen LogP contribution in [0, 0.1) is 50.7 Å². The lowest BCUT2D eigenvalue weighted by atomic mass is 9.41. The van der Waals surface area contributed by atoms with Gasteiger partial charge in [-0.25, -0.2) is 0 Å². The molecule has 5 aliphatic rings. The number of fused-ring (bicyclic) bond motifs is 2. The van der Waals surface area contributed by atoms with Crippen molar-refractivity contribution < 1.29 is 19.8 Å². The zero-order valence-corrected chi connectivity index (χ0v) is 23.9. The number of rotatable bonds is 5. The molecule has 6 nitrogen and oxygen atoms in total. The number of hydrogen-bond acceptors (Lipinski definition) is 5. The van der Waals surface area contributed by atoms with E-state index in [0.717, 1.165) is 38.5 Å². The highest BCUT2D eigenvalue weighted by Crippen LogP contribution is 2.87. The van der Waals surface area contributed by atoms with Gasteiger partial charge in [-0.05, 0) is 87.6 Å². The molecule has 0 unspecified atom stereocenters. The van der Waals surface area contributed by atoms with Crippen LogP contribution in [0.4, 0.5) is 0 Å². The second-order valence-electron chi connectivity index (χ2n) is 14.8. The Morgan fingerprint density at radius 3 is 2.31 bits per heavy atom. The summed E-state index contributed by atoms with van der Waals surface area (Å²) in [5.41, 5.74) is -1.10. The smallest absolute Gasteiger partial charge is 0.222 e. The Morgan fingerprint density at radius 2 is 1.72 bits per heavy atom. The fraction of sp³-hybridized carbons (Fsp3) is 0.933. The Morgan fingerprint density at radius 1 is 1.08 bits per heavy atom. The third kappa shape index (κ3) is 2.96. The summed E-state index contributed by atoms with van der Waals surface area (Å²) in [4.78, 5) is 29.2. The van der Waals surface area contributed by atoms with Crippen molar-refractivity contribution >= 4 is 11.7 Å². The molecule has 2 spiro atoms. The van der Waals surface area contributed by atoms with Gasteiger partial charge in [0.15, 0.2) is 0 Å². The first-order valence-corrected chi connectivity index (χ1v) is 14.5. The van der Waals surface area contributed by atoms with Crippen molar-refractivity contribution in [3.05, 3.63) is 0 Å². The fourth-order valence-electron chi connectivity index (χ4n) is 11.0. The van der Waals surface area contributed by atoms with Crippen molar-refractivity contribution in [1.82, 2.24) is 10.2 Å². The third-order valence-corrected chi connectivity index (χ3v) is 13.2. The van der Waals surface area contributed by atoms with Crippen molar-refractivity contribution in [3.63, 3.8) is 0 Å². The van der Waals surface area contributed by atoms with E-state index >= 15 is 0 Å². The van der Waals surface area contributed by atoms with E-state index in [0.29, 0.717) is 12.2 Å². The first-order valence-electron chi connectivity index (χ1n) is 14.5. The minimum Gasteiger partial charge on any atom is -0.396 e. The van der Waals surface area contributed by atoms with E-state index in [1.165, 1.54) is 0 Å². The van der Waals surface area contributed by atoms with Crippen LogP contribution in [0.1, 0.15) is 86.5 Å². The summed E-state index contributed by atoms with van der Waals surface area (Å²) in [6.45, 7) is 12.9. The monoisotopic (exact) mass is 502 g/mol. The van der Waals surface area contributed by atoms with Crippen molar-refractivity contribution in [1.29, 1.82) is 0 Å². The first-order chi connectivity index (χ1) is 16.7. The molecule has 6 heteroatoms. The zero-order valence-electron chi connectivity index (χ0n) is 23.9. The molecule has 3 N–H and O–H groups in total. The summed E-state index contributed by atoms with van der Waals surface area (Å²) < 4.78 is 0. The van der Waals surface area contributed by atoms with E-state index in [1.54, 1.807) is 0 Å². The van der Waals surface area contributed by atoms with Gasteiger partial charge in [-0.15, -0.1) is 0 Å². The molecular formula is C30H50N2O4. The molecule has 5 fully saturated rings.